The third-order valence-corrected chi connectivity index (χ3v) is 2.01. The molecule has 0 aliphatic rings. The van der Waals surface area contributed by atoms with Gasteiger partial charge in [-0.2, -0.15) is 0 Å². The molecule has 0 aromatic carbocycles. The van der Waals surface area contributed by atoms with E-state index in [4.69, 9.17) is 9.84 Å². The minimum atomic E-state index is -0.809. The lowest BCUT2D eigenvalue weighted by Crippen LogP contribution is -2.12. The Labute approximate surface area is 82.3 Å². The maximum Gasteiger partial charge on any atom is 0.306 e. The summed E-state index contributed by atoms with van der Waals surface area (Å²) in [6.07, 6.45) is 2.21. The number of rotatable bonds is 4. The van der Waals surface area contributed by atoms with E-state index in [0.29, 0.717) is 12.3 Å². The van der Waals surface area contributed by atoms with E-state index in [1.54, 1.807) is 24.9 Å². The maximum absolute atomic E-state index is 10.6. The molecule has 1 unspecified atom stereocenters. The summed E-state index contributed by atoms with van der Waals surface area (Å²) in [5, 5.41) is 12.8. The minimum absolute atomic E-state index is 0.423. The van der Waals surface area contributed by atoms with Gasteiger partial charge in [0.15, 0.2) is 0 Å². The van der Waals surface area contributed by atoms with Gasteiger partial charge in [-0.05, 0) is 6.42 Å². The SMILES string of the molecule is COc1nn(C)cc1CC(C)C(=O)O. The zero-order valence-electron chi connectivity index (χ0n) is 8.52. The van der Waals surface area contributed by atoms with Crippen LogP contribution in [0.5, 0.6) is 5.88 Å². The van der Waals surface area contributed by atoms with Crippen LogP contribution in [0, 0.1) is 5.92 Å². The fourth-order valence-electron chi connectivity index (χ4n) is 1.25. The van der Waals surface area contributed by atoms with Crippen molar-refractivity contribution in [1.29, 1.82) is 0 Å². The van der Waals surface area contributed by atoms with Crippen molar-refractivity contribution in [3.63, 3.8) is 0 Å². The molecule has 1 N–H and O–H groups in total. The van der Waals surface area contributed by atoms with Gasteiger partial charge in [0.25, 0.3) is 0 Å². The molecule has 0 saturated heterocycles. The van der Waals surface area contributed by atoms with E-state index in [9.17, 15) is 4.79 Å². The highest BCUT2D eigenvalue weighted by atomic mass is 16.5. The number of aromatic nitrogens is 2. The lowest BCUT2D eigenvalue weighted by molar-refractivity contribution is -0.141. The second-order valence-electron chi connectivity index (χ2n) is 3.28. The van der Waals surface area contributed by atoms with Gasteiger partial charge in [0.05, 0.1) is 13.0 Å². The highest BCUT2D eigenvalue weighted by Gasteiger charge is 2.16. The van der Waals surface area contributed by atoms with Crippen LogP contribution >= 0.6 is 0 Å². The largest absolute Gasteiger partial charge is 0.481 e. The Morgan fingerprint density at radius 1 is 1.79 bits per heavy atom. The average Bonchev–Trinajstić information content (AvgIpc) is 2.45. The molecule has 0 spiro atoms. The molecule has 5 heteroatoms. The molecule has 0 radical (unpaired) electrons. The van der Waals surface area contributed by atoms with Crippen LogP contribution < -0.4 is 4.74 Å². The Balaban J connectivity index is 2.79. The second-order valence-corrected chi connectivity index (χ2v) is 3.28. The zero-order valence-corrected chi connectivity index (χ0v) is 8.52. The van der Waals surface area contributed by atoms with Crippen LogP contribution in [-0.2, 0) is 18.3 Å². The molecule has 1 aromatic rings. The highest BCUT2D eigenvalue weighted by Crippen LogP contribution is 2.18. The first-order chi connectivity index (χ1) is 6.54. The molecule has 1 rings (SSSR count). The number of aliphatic carboxylic acids is 1. The van der Waals surface area contributed by atoms with E-state index in [-0.39, 0.29) is 0 Å². The van der Waals surface area contributed by atoms with Gasteiger partial charge in [0.1, 0.15) is 0 Å². The molecule has 0 amide bonds. The number of carboxylic acids is 1. The van der Waals surface area contributed by atoms with Gasteiger partial charge in [-0.25, -0.2) is 0 Å². The summed E-state index contributed by atoms with van der Waals surface area (Å²) in [7, 11) is 3.30. The number of methoxy groups -OCH3 is 1. The van der Waals surface area contributed by atoms with Crippen LogP contribution in [0.25, 0.3) is 0 Å². The minimum Gasteiger partial charge on any atom is -0.481 e. The lowest BCUT2D eigenvalue weighted by Gasteiger charge is -2.04. The van der Waals surface area contributed by atoms with Crippen LogP contribution in [0.1, 0.15) is 12.5 Å². The van der Waals surface area contributed by atoms with Gasteiger partial charge in [-0.15, -0.1) is 5.10 Å². The molecule has 0 fully saturated rings. The summed E-state index contributed by atoms with van der Waals surface area (Å²) in [5.41, 5.74) is 0.824. The number of nitrogens with zero attached hydrogens (tertiary/aromatic N) is 2. The zero-order chi connectivity index (χ0) is 10.7. The normalized spacial score (nSPS) is 12.5. The Bertz CT molecular complexity index is 333. The van der Waals surface area contributed by atoms with Crippen molar-refractivity contribution in [3.8, 4) is 5.88 Å². The molecule has 1 atom stereocenters. The molecule has 0 aliphatic carbocycles. The van der Waals surface area contributed by atoms with Crippen LogP contribution in [0.15, 0.2) is 6.20 Å². The smallest absolute Gasteiger partial charge is 0.306 e. The van der Waals surface area contributed by atoms with Crippen molar-refractivity contribution in [1.82, 2.24) is 9.78 Å². The Morgan fingerprint density at radius 2 is 2.43 bits per heavy atom. The third-order valence-electron chi connectivity index (χ3n) is 2.01. The van der Waals surface area contributed by atoms with E-state index in [1.165, 1.54) is 7.11 Å². The summed E-state index contributed by atoms with van der Waals surface area (Å²) in [5.74, 6) is -0.732. The fraction of sp³-hybridized carbons (Fsp3) is 0.556. The summed E-state index contributed by atoms with van der Waals surface area (Å²) >= 11 is 0. The number of ether oxygens (including phenoxy) is 1. The molecule has 1 heterocycles. The molecular formula is C9H14N2O3. The number of carboxylic acid groups (broad SMARTS) is 1. The Morgan fingerprint density at radius 3 is 2.93 bits per heavy atom. The van der Waals surface area contributed by atoms with Gasteiger partial charge in [0, 0.05) is 18.8 Å². The number of hydrogen-bond acceptors (Lipinski definition) is 3. The van der Waals surface area contributed by atoms with Crippen molar-refractivity contribution in [2.75, 3.05) is 7.11 Å². The van der Waals surface area contributed by atoms with E-state index in [0.717, 1.165) is 5.56 Å². The summed E-state index contributed by atoms with van der Waals surface area (Å²) in [6, 6.07) is 0. The van der Waals surface area contributed by atoms with E-state index in [1.807, 2.05) is 0 Å². The van der Waals surface area contributed by atoms with E-state index < -0.39 is 11.9 Å². The average molecular weight is 198 g/mol. The van der Waals surface area contributed by atoms with Gasteiger partial charge in [-0.3, -0.25) is 9.48 Å². The first-order valence-corrected chi connectivity index (χ1v) is 4.34. The van der Waals surface area contributed by atoms with E-state index in [2.05, 4.69) is 5.10 Å². The van der Waals surface area contributed by atoms with Crippen molar-refractivity contribution in [2.45, 2.75) is 13.3 Å². The van der Waals surface area contributed by atoms with Crippen LogP contribution in [0.3, 0.4) is 0 Å². The van der Waals surface area contributed by atoms with Crippen molar-refractivity contribution >= 4 is 5.97 Å². The first-order valence-electron chi connectivity index (χ1n) is 4.34. The predicted molar refractivity (Wildman–Crippen MR) is 50.3 cm³/mol. The topological polar surface area (TPSA) is 64.4 Å². The van der Waals surface area contributed by atoms with Crippen molar-refractivity contribution in [2.24, 2.45) is 13.0 Å². The Hall–Kier alpha value is -1.52. The maximum atomic E-state index is 10.6. The molecule has 5 nitrogen and oxygen atoms in total. The van der Waals surface area contributed by atoms with Crippen molar-refractivity contribution in [3.05, 3.63) is 11.8 Å². The van der Waals surface area contributed by atoms with E-state index >= 15 is 0 Å². The molecule has 0 bridgehead atoms. The third kappa shape index (κ3) is 2.25. The number of aryl methyl sites for hydroxylation is 1. The Kier molecular flexibility index (Phi) is 3.11. The van der Waals surface area contributed by atoms with Crippen LogP contribution in [0.2, 0.25) is 0 Å². The van der Waals surface area contributed by atoms with Crippen LogP contribution in [0.4, 0.5) is 0 Å². The number of carbonyl (C=O) groups is 1. The molecule has 0 saturated carbocycles. The first kappa shape index (κ1) is 10.6. The monoisotopic (exact) mass is 198 g/mol. The summed E-state index contributed by atoms with van der Waals surface area (Å²) in [4.78, 5) is 10.6. The van der Waals surface area contributed by atoms with Crippen molar-refractivity contribution < 1.29 is 14.6 Å². The predicted octanol–water partition coefficient (Wildman–Crippen LogP) is 0.692. The highest BCUT2D eigenvalue weighted by molar-refractivity contribution is 5.70. The summed E-state index contributed by atoms with van der Waals surface area (Å²) < 4.78 is 6.64. The quantitative estimate of drug-likeness (QED) is 0.773. The molecule has 0 aliphatic heterocycles. The lowest BCUT2D eigenvalue weighted by atomic mass is 10.0. The van der Waals surface area contributed by atoms with Gasteiger partial charge >= 0.3 is 5.97 Å². The van der Waals surface area contributed by atoms with Gasteiger partial charge in [0.2, 0.25) is 5.88 Å². The van der Waals surface area contributed by atoms with Gasteiger partial charge in [-0.1, -0.05) is 6.92 Å². The molecule has 78 valence electrons. The standard InChI is InChI=1S/C9H14N2O3/c1-6(9(12)13)4-7-5-11(2)10-8(7)14-3/h5-6H,4H2,1-3H3,(H,12,13). The number of hydrogen-bond donors (Lipinski definition) is 1. The fourth-order valence-corrected chi connectivity index (χ4v) is 1.25. The van der Waals surface area contributed by atoms with Crippen LogP contribution in [-0.4, -0.2) is 28.0 Å². The summed E-state index contributed by atoms with van der Waals surface area (Å²) in [6.45, 7) is 1.66. The second kappa shape index (κ2) is 4.13. The molecule has 1 aromatic heterocycles. The van der Waals surface area contributed by atoms with Gasteiger partial charge < -0.3 is 9.84 Å². The molecule has 14 heavy (non-hydrogen) atoms. The molecular weight excluding hydrogens is 184 g/mol.